The summed E-state index contributed by atoms with van der Waals surface area (Å²) in [5, 5.41) is 26.5. The van der Waals surface area contributed by atoms with Crippen LogP contribution in [0.4, 0.5) is 4.79 Å². The van der Waals surface area contributed by atoms with Crippen molar-refractivity contribution >= 4 is 25.0 Å². The van der Waals surface area contributed by atoms with E-state index in [0.29, 0.717) is 31.8 Å². The second-order valence-electron chi connectivity index (χ2n) is 13.4. The van der Waals surface area contributed by atoms with Crippen molar-refractivity contribution in [3.05, 3.63) is 35.4 Å². The second kappa shape index (κ2) is 16.1. The first kappa shape index (κ1) is 32.8. The Kier molecular flexibility index (Phi) is 12.0. The number of amides is 3. The zero-order valence-corrected chi connectivity index (χ0v) is 26.1. The van der Waals surface area contributed by atoms with Crippen molar-refractivity contribution in [2.24, 2.45) is 5.92 Å². The Hall–Kier alpha value is -2.63. The average Bonchev–Trinajstić information content (AvgIpc) is 3.65. The summed E-state index contributed by atoms with van der Waals surface area (Å²) in [7, 11) is -1.70. The number of hydrogen-bond donors (Lipinski definition) is 4. The summed E-state index contributed by atoms with van der Waals surface area (Å²) in [6.45, 7) is 1.86. The van der Waals surface area contributed by atoms with Crippen molar-refractivity contribution in [1.82, 2.24) is 20.4 Å². The van der Waals surface area contributed by atoms with E-state index in [4.69, 9.17) is 4.74 Å². The molecule has 3 fully saturated rings. The minimum Gasteiger partial charge on any atom is -0.444 e. The third-order valence-corrected chi connectivity index (χ3v) is 10.1. The van der Waals surface area contributed by atoms with Gasteiger partial charge in [-0.05, 0) is 49.3 Å². The molecule has 4 N–H and O–H groups in total. The molecule has 0 radical (unpaired) electrons. The molecule has 1 aromatic carbocycles. The lowest BCUT2D eigenvalue weighted by Crippen LogP contribution is -2.56. The zero-order chi connectivity index (χ0) is 30.9. The Morgan fingerprint density at radius 1 is 0.886 bits per heavy atom. The maximum Gasteiger partial charge on any atom is 0.475 e. The average molecular weight is 611 g/mol. The monoisotopic (exact) mass is 610 g/mol. The molecule has 0 aromatic heterocycles. The van der Waals surface area contributed by atoms with E-state index in [1.807, 2.05) is 24.3 Å². The predicted octanol–water partition coefficient (Wildman–Crippen LogP) is 3.67. The van der Waals surface area contributed by atoms with Crippen LogP contribution in [0.1, 0.15) is 107 Å². The van der Waals surface area contributed by atoms with E-state index < -0.39 is 43.2 Å². The number of ether oxygens (including phenoxy) is 1. The molecule has 1 saturated carbocycles. The lowest BCUT2D eigenvalue weighted by Gasteiger charge is -2.31. The smallest absolute Gasteiger partial charge is 0.444 e. The first-order valence-electron chi connectivity index (χ1n) is 17.1. The Labute approximate surface area is 262 Å². The van der Waals surface area contributed by atoms with Gasteiger partial charge >= 0.3 is 13.2 Å². The van der Waals surface area contributed by atoms with E-state index in [0.717, 1.165) is 62.6 Å². The quantitative estimate of drug-likeness (QED) is 0.374. The van der Waals surface area contributed by atoms with Gasteiger partial charge in [0.05, 0.1) is 18.5 Å². The molecule has 242 valence electrons. The van der Waals surface area contributed by atoms with Gasteiger partial charge in [0.2, 0.25) is 11.8 Å². The van der Waals surface area contributed by atoms with E-state index in [9.17, 15) is 24.4 Å². The lowest BCUT2D eigenvalue weighted by molar-refractivity contribution is -0.140. The molecule has 3 heterocycles. The van der Waals surface area contributed by atoms with E-state index in [2.05, 4.69) is 10.6 Å². The number of carbonyl (C=O) groups is 3. The Bertz CT molecular complexity index is 1090. The van der Waals surface area contributed by atoms with Gasteiger partial charge in [0, 0.05) is 19.5 Å². The van der Waals surface area contributed by atoms with Crippen LogP contribution in [-0.4, -0.2) is 82.1 Å². The molecule has 0 spiro atoms. The standard InChI is InChI=1S/C33H51BN4O6/c39-31-29-19-27(44-33(41)37-21-25-15-11-12-16-26(25)22-37)23-38(29)32(40)28(35-20-24-13-7-6-8-14-24)17-9-4-2-1-3-5-10-18-30(36-31)34(42)43/h11-12,15-16,24,27-30,35,42-43H,1-10,13-14,17-23H2,(H,36,39)/t27-,28?,29+,30-/m1/s1. The highest BCUT2D eigenvalue weighted by Crippen LogP contribution is 2.28. The van der Waals surface area contributed by atoms with Gasteiger partial charge in [-0.2, -0.15) is 0 Å². The third kappa shape index (κ3) is 8.76. The second-order valence-corrected chi connectivity index (χ2v) is 13.4. The van der Waals surface area contributed by atoms with Crippen molar-refractivity contribution in [2.45, 2.75) is 134 Å². The maximum absolute atomic E-state index is 14.2. The summed E-state index contributed by atoms with van der Waals surface area (Å²) < 4.78 is 5.94. The number of carbonyl (C=O) groups excluding carboxylic acids is 3. The maximum atomic E-state index is 14.2. The van der Waals surface area contributed by atoms with Gasteiger partial charge in [-0.3, -0.25) is 14.5 Å². The van der Waals surface area contributed by atoms with Crippen LogP contribution in [0.25, 0.3) is 0 Å². The molecule has 3 aliphatic heterocycles. The van der Waals surface area contributed by atoms with Crippen molar-refractivity contribution in [3.8, 4) is 0 Å². The fourth-order valence-corrected chi connectivity index (χ4v) is 7.44. The fraction of sp³-hybridized carbons (Fsp3) is 0.727. The van der Waals surface area contributed by atoms with Crippen molar-refractivity contribution in [2.75, 3.05) is 13.1 Å². The van der Waals surface area contributed by atoms with Gasteiger partial charge in [0.1, 0.15) is 12.1 Å². The van der Waals surface area contributed by atoms with Crippen LogP contribution in [-0.2, 0) is 27.4 Å². The van der Waals surface area contributed by atoms with Gasteiger partial charge in [-0.25, -0.2) is 4.79 Å². The van der Waals surface area contributed by atoms with Crippen LogP contribution in [0.2, 0.25) is 0 Å². The van der Waals surface area contributed by atoms with E-state index in [1.165, 1.54) is 32.1 Å². The van der Waals surface area contributed by atoms with Crippen LogP contribution in [0.5, 0.6) is 0 Å². The summed E-state index contributed by atoms with van der Waals surface area (Å²) in [5.74, 6) is -0.833. The molecule has 1 aliphatic carbocycles. The molecule has 11 heteroatoms. The number of benzene rings is 1. The van der Waals surface area contributed by atoms with Crippen LogP contribution in [0.3, 0.4) is 0 Å². The summed E-state index contributed by atoms with van der Waals surface area (Å²) >= 11 is 0. The molecule has 4 aliphatic rings. The van der Waals surface area contributed by atoms with Crippen molar-refractivity contribution in [1.29, 1.82) is 0 Å². The Morgan fingerprint density at radius 2 is 1.48 bits per heavy atom. The summed E-state index contributed by atoms with van der Waals surface area (Å²) in [6.07, 6.45) is 13.3. The molecule has 44 heavy (non-hydrogen) atoms. The Morgan fingerprint density at radius 3 is 2.14 bits per heavy atom. The topological polar surface area (TPSA) is 131 Å². The third-order valence-electron chi connectivity index (χ3n) is 10.1. The number of rotatable bonds is 5. The first-order valence-corrected chi connectivity index (χ1v) is 17.1. The van der Waals surface area contributed by atoms with Gasteiger partial charge in [-0.1, -0.05) is 88.5 Å². The minimum atomic E-state index is -1.70. The summed E-state index contributed by atoms with van der Waals surface area (Å²) in [4.78, 5) is 44.4. The first-order chi connectivity index (χ1) is 21.4. The SMILES string of the molecule is O=C1N[C@@H](B(O)O)CCCCCCCCCC(NCC2CCCCC2)C(=O)N2C[C@H](OC(=O)N3Cc4ccccc4C3)C[C@@H]12. The van der Waals surface area contributed by atoms with Gasteiger partial charge < -0.3 is 30.3 Å². The van der Waals surface area contributed by atoms with Crippen molar-refractivity contribution < 1.29 is 29.2 Å². The fourth-order valence-electron chi connectivity index (χ4n) is 7.44. The molecular weight excluding hydrogens is 559 g/mol. The highest BCUT2D eigenvalue weighted by atomic mass is 16.6. The highest BCUT2D eigenvalue weighted by molar-refractivity contribution is 6.43. The number of nitrogens with zero attached hydrogens (tertiary/aromatic N) is 2. The van der Waals surface area contributed by atoms with Crippen LogP contribution >= 0.6 is 0 Å². The van der Waals surface area contributed by atoms with Crippen molar-refractivity contribution in [3.63, 3.8) is 0 Å². The molecular formula is C33H51BN4O6. The number of fused-ring (bicyclic) bond motifs is 2. The molecule has 0 bridgehead atoms. The van der Waals surface area contributed by atoms with E-state index in [1.54, 1.807) is 9.80 Å². The zero-order valence-electron chi connectivity index (χ0n) is 26.1. The summed E-state index contributed by atoms with van der Waals surface area (Å²) in [6, 6.07) is 6.65. The van der Waals surface area contributed by atoms with E-state index >= 15 is 0 Å². The Balaban J connectivity index is 1.31. The predicted molar refractivity (Wildman–Crippen MR) is 168 cm³/mol. The largest absolute Gasteiger partial charge is 0.475 e. The van der Waals surface area contributed by atoms with Crippen LogP contribution in [0.15, 0.2) is 24.3 Å². The molecule has 1 aromatic rings. The molecule has 10 nitrogen and oxygen atoms in total. The molecule has 5 rings (SSSR count). The van der Waals surface area contributed by atoms with Gasteiger partial charge in [0.15, 0.2) is 0 Å². The minimum absolute atomic E-state index is 0.136. The number of nitrogens with one attached hydrogen (secondary N) is 2. The van der Waals surface area contributed by atoms with Crippen LogP contribution < -0.4 is 10.6 Å². The van der Waals surface area contributed by atoms with Gasteiger partial charge in [-0.15, -0.1) is 0 Å². The summed E-state index contributed by atoms with van der Waals surface area (Å²) in [5.41, 5.74) is 2.18. The van der Waals surface area contributed by atoms with Gasteiger partial charge in [0.25, 0.3) is 0 Å². The molecule has 2 saturated heterocycles. The normalized spacial score (nSPS) is 27.9. The lowest BCUT2D eigenvalue weighted by atomic mass is 9.76. The number of hydrogen-bond acceptors (Lipinski definition) is 7. The van der Waals surface area contributed by atoms with E-state index in [-0.39, 0.29) is 18.9 Å². The van der Waals surface area contributed by atoms with Crippen LogP contribution in [0, 0.1) is 5.92 Å². The molecule has 4 atom stereocenters. The molecule has 3 amide bonds. The highest BCUT2D eigenvalue weighted by Gasteiger charge is 2.44. The molecule has 1 unspecified atom stereocenters.